The summed E-state index contributed by atoms with van der Waals surface area (Å²) in [5.74, 6) is 0. The molecular weight excluding hydrogens is 260 g/mol. The van der Waals surface area contributed by atoms with E-state index in [1.165, 1.54) is 44.5 Å². The van der Waals surface area contributed by atoms with Gasteiger partial charge in [-0.05, 0) is 57.7 Å². The Kier molecular flexibility index (Phi) is 4.96. The first-order valence-electron chi connectivity index (χ1n) is 8.81. The lowest BCUT2D eigenvalue weighted by Gasteiger charge is -2.35. The largest absolute Gasteiger partial charge is 0.308 e. The minimum Gasteiger partial charge on any atom is -0.308 e. The zero-order chi connectivity index (χ0) is 14.7. The van der Waals surface area contributed by atoms with Gasteiger partial charge < -0.3 is 10.2 Å². The lowest BCUT2D eigenvalue weighted by Crippen LogP contribution is -2.45. The van der Waals surface area contributed by atoms with Gasteiger partial charge in [0.15, 0.2) is 0 Å². The Balaban J connectivity index is 1.49. The number of aromatic nitrogens is 2. The van der Waals surface area contributed by atoms with Crippen LogP contribution >= 0.6 is 0 Å². The van der Waals surface area contributed by atoms with Crippen molar-refractivity contribution < 1.29 is 0 Å². The summed E-state index contributed by atoms with van der Waals surface area (Å²) < 4.78 is 2.15. The van der Waals surface area contributed by atoms with Crippen molar-refractivity contribution in [2.75, 3.05) is 13.1 Å². The van der Waals surface area contributed by atoms with Crippen molar-refractivity contribution >= 4 is 0 Å². The lowest BCUT2D eigenvalue weighted by atomic mass is 9.97. The van der Waals surface area contributed by atoms with Gasteiger partial charge in [0, 0.05) is 24.8 Å². The van der Waals surface area contributed by atoms with E-state index in [0.717, 1.165) is 25.4 Å². The molecule has 0 bridgehead atoms. The molecule has 0 spiro atoms. The fourth-order valence-electron chi connectivity index (χ4n) is 4.00. The van der Waals surface area contributed by atoms with Gasteiger partial charge in [-0.3, -0.25) is 4.68 Å². The van der Waals surface area contributed by atoms with Crippen molar-refractivity contribution in [2.45, 2.75) is 77.0 Å². The molecule has 2 unspecified atom stereocenters. The van der Waals surface area contributed by atoms with Crippen LogP contribution in [0.5, 0.6) is 0 Å². The molecule has 0 amide bonds. The molecule has 118 valence electrons. The number of hydrogen-bond acceptors (Lipinski definition) is 3. The van der Waals surface area contributed by atoms with Crippen molar-refractivity contribution in [3.63, 3.8) is 0 Å². The van der Waals surface area contributed by atoms with E-state index in [0.29, 0.717) is 12.1 Å². The van der Waals surface area contributed by atoms with E-state index in [-0.39, 0.29) is 0 Å². The Hall–Kier alpha value is -0.870. The van der Waals surface area contributed by atoms with Gasteiger partial charge in [-0.2, -0.15) is 5.10 Å². The standard InChI is InChI=1S/C17H30N4/c1-3-16(4-2)21-11-8-15(19-21)13-18-14-7-10-20-9-5-6-17(20)12-14/h8,11,14,16-18H,3-7,9-10,12-13H2,1-2H3. The van der Waals surface area contributed by atoms with Gasteiger partial charge >= 0.3 is 0 Å². The Morgan fingerprint density at radius 2 is 2.14 bits per heavy atom. The second kappa shape index (κ2) is 6.93. The fraction of sp³-hybridized carbons (Fsp3) is 0.824. The van der Waals surface area contributed by atoms with Crippen molar-refractivity contribution in [3.05, 3.63) is 18.0 Å². The molecule has 3 heterocycles. The summed E-state index contributed by atoms with van der Waals surface area (Å²) in [6, 6.07) is 4.26. The van der Waals surface area contributed by atoms with Gasteiger partial charge in [0.1, 0.15) is 0 Å². The van der Waals surface area contributed by atoms with E-state index in [1.807, 2.05) is 0 Å². The number of nitrogens with one attached hydrogen (secondary N) is 1. The maximum Gasteiger partial charge on any atom is 0.0762 e. The van der Waals surface area contributed by atoms with E-state index in [4.69, 9.17) is 5.10 Å². The molecule has 4 heteroatoms. The van der Waals surface area contributed by atoms with E-state index in [1.54, 1.807) is 0 Å². The van der Waals surface area contributed by atoms with Crippen molar-refractivity contribution in [2.24, 2.45) is 0 Å². The van der Waals surface area contributed by atoms with Gasteiger partial charge in [0.05, 0.1) is 11.7 Å². The molecule has 0 aliphatic carbocycles. The minimum absolute atomic E-state index is 0.556. The van der Waals surface area contributed by atoms with E-state index >= 15 is 0 Å². The quantitative estimate of drug-likeness (QED) is 0.874. The zero-order valence-corrected chi connectivity index (χ0v) is 13.6. The predicted octanol–water partition coefficient (Wildman–Crippen LogP) is 2.96. The van der Waals surface area contributed by atoms with Crippen LogP contribution in [-0.4, -0.2) is 39.9 Å². The summed E-state index contributed by atoms with van der Waals surface area (Å²) in [4.78, 5) is 2.68. The summed E-state index contributed by atoms with van der Waals surface area (Å²) in [5.41, 5.74) is 1.19. The number of piperidine rings is 1. The Bertz CT molecular complexity index is 438. The molecule has 3 rings (SSSR count). The van der Waals surface area contributed by atoms with Crippen LogP contribution in [0.15, 0.2) is 12.3 Å². The number of hydrogen-bond donors (Lipinski definition) is 1. The third kappa shape index (κ3) is 3.49. The van der Waals surface area contributed by atoms with Crippen LogP contribution in [0.25, 0.3) is 0 Å². The number of fused-ring (bicyclic) bond motifs is 1. The maximum absolute atomic E-state index is 4.75. The minimum atomic E-state index is 0.556. The lowest BCUT2D eigenvalue weighted by molar-refractivity contribution is 0.166. The Morgan fingerprint density at radius 3 is 2.95 bits per heavy atom. The molecule has 2 aliphatic rings. The first kappa shape index (κ1) is 15.0. The summed E-state index contributed by atoms with van der Waals surface area (Å²) >= 11 is 0. The molecule has 0 saturated carbocycles. The second-order valence-electron chi connectivity index (χ2n) is 6.69. The van der Waals surface area contributed by atoms with Crippen LogP contribution in [0, 0.1) is 0 Å². The highest BCUT2D eigenvalue weighted by Crippen LogP contribution is 2.26. The predicted molar refractivity (Wildman–Crippen MR) is 86.3 cm³/mol. The maximum atomic E-state index is 4.75. The topological polar surface area (TPSA) is 33.1 Å². The third-order valence-corrected chi connectivity index (χ3v) is 5.37. The zero-order valence-electron chi connectivity index (χ0n) is 13.6. The molecule has 21 heavy (non-hydrogen) atoms. The first-order chi connectivity index (χ1) is 10.3. The van der Waals surface area contributed by atoms with E-state index < -0.39 is 0 Å². The average molecular weight is 290 g/mol. The molecule has 1 aromatic rings. The van der Waals surface area contributed by atoms with E-state index in [2.05, 4.69) is 41.0 Å². The van der Waals surface area contributed by atoms with Crippen LogP contribution < -0.4 is 5.32 Å². The molecule has 0 aromatic carbocycles. The SMILES string of the molecule is CCC(CC)n1ccc(CNC2CCN3CCCC3C2)n1. The van der Waals surface area contributed by atoms with Crippen molar-refractivity contribution in [1.29, 1.82) is 0 Å². The van der Waals surface area contributed by atoms with Crippen LogP contribution in [0.4, 0.5) is 0 Å². The molecule has 1 N–H and O–H groups in total. The first-order valence-corrected chi connectivity index (χ1v) is 8.81. The number of rotatable bonds is 6. The summed E-state index contributed by atoms with van der Waals surface area (Å²) in [6.07, 6.45) is 9.89. The van der Waals surface area contributed by atoms with E-state index in [9.17, 15) is 0 Å². The van der Waals surface area contributed by atoms with Crippen LogP contribution in [0.3, 0.4) is 0 Å². The van der Waals surface area contributed by atoms with Gasteiger partial charge in [-0.25, -0.2) is 0 Å². The van der Waals surface area contributed by atoms with Crippen molar-refractivity contribution in [1.82, 2.24) is 20.0 Å². The highest BCUT2D eigenvalue weighted by atomic mass is 15.3. The van der Waals surface area contributed by atoms with Crippen LogP contribution in [0.1, 0.15) is 64.1 Å². The molecular formula is C17H30N4. The Labute approximate surface area is 128 Å². The monoisotopic (exact) mass is 290 g/mol. The van der Waals surface area contributed by atoms with Gasteiger partial charge in [0.25, 0.3) is 0 Å². The van der Waals surface area contributed by atoms with Gasteiger partial charge in [-0.1, -0.05) is 13.8 Å². The summed E-state index contributed by atoms with van der Waals surface area (Å²) in [6.45, 7) is 8.01. The third-order valence-electron chi connectivity index (χ3n) is 5.37. The molecule has 1 aromatic heterocycles. The molecule has 2 saturated heterocycles. The highest BCUT2D eigenvalue weighted by molar-refractivity contribution is 5.00. The normalized spacial score (nSPS) is 26.4. The van der Waals surface area contributed by atoms with Gasteiger partial charge in [0.2, 0.25) is 0 Å². The molecule has 4 nitrogen and oxygen atoms in total. The molecule has 2 aliphatic heterocycles. The van der Waals surface area contributed by atoms with Crippen molar-refractivity contribution in [3.8, 4) is 0 Å². The van der Waals surface area contributed by atoms with Crippen LogP contribution in [-0.2, 0) is 6.54 Å². The fourth-order valence-corrected chi connectivity index (χ4v) is 4.00. The summed E-state index contributed by atoms with van der Waals surface area (Å²) in [7, 11) is 0. The van der Waals surface area contributed by atoms with Crippen LogP contribution in [0.2, 0.25) is 0 Å². The highest BCUT2D eigenvalue weighted by Gasteiger charge is 2.31. The number of nitrogens with zero attached hydrogens (tertiary/aromatic N) is 3. The summed E-state index contributed by atoms with van der Waals surface area (Å²) in [5, 5.41) is 8.48. The van der Waals surface area contributed by atoms with Gasteiger partial charge in [-0.15, -0.1) is 0 Å². The molecule has 2 fully saturated rings. The Morgan fingerprint density at radius 1 is 1.29 bits per heavy atom. The average Bonchev–Trinajstić information content (AvgIpc) is 3.15. The smallest absolute Gasteiger partial charge is 0.0762 e. The molecule has 0 radical (unpaired) electrons. The molecule has 2 atom stereocenters. The second-order valence-corrected chi connectivity index (χ2v) is 6.69.